The number of fused-ring (bicyclic) bond motifs is 1. The van der Waals surface area contributed by atoms with Gasteiger partial charge in [-0.2, -0.15) is 0 Å². The molecule has 0 fully saturated rings. The van der Waals surface area contributed by atoms with E-state index in [9.17, 15) is 0 Å². The normalized spacial score (nSPS) is 13.1. The highest BCUT2D eigenvalue weighted by Crippen LogP contribution is 2.31. The first-order valence-corrected chi connectivity index (χ1v) is 9.77. The molecule has 5 nitrogen and oxygen atoms in total. The SMILES string of the molecule is Clc1ccc(-c2nc(NCCNC3=CC=CCN3)c3ccccc3n2)c(Cl)c1. The van der Waals surface area contributed by atoms with E-state index in [0.717, 1.165) is 41.2 Å². The lowest BCUT2D eigenvalue weighted by atomic mass is 10.2. The summed E-state index contributed by atoms with van der Waals surface area (Å²) in [6.07, 6.45) is 6.12. The van der Waals surface area contributed by atoms with E-state index < -0.39 is 0 Å². The van der Waals surface area contributed by atoms with Gasteiger partial charge in [0.2, 0.25) is 0 Å². The summed E-state index contributed by atoms with van der Waals surface area (Å²) in [7, 11) is 0. The number of halogens is 2. The molecule has 0 spiro atoms. The van der Waals surface area contributed by atoms with Crippen LogP contribution in [0.15, 0.2) is 66.5 Å². The van der Waals surface area contributed by atoms with Crippen LogP contribution in [-0.2, 0) is 0 Å². The molecule has 2 aromatic carbocycles. The lowest BCUT2D eigenvalue weighted by Gasteiger charge is -2.15. The smallest absolute Gasteiger partial charge is 0.163 e. The van der Waals surface area contributed by atoms with E-state index in [0.29, 0.717) is 22.4 Å². The molecule has 142 valence electrons. The van der Waals surface area contributed by atoms with Crippen LogP contribution in [0.3, 0.4) is 0 Å². The molecule has 0 bridgehead atoms. The largest absolute Gasteiger partial charge is 0.370 e. The molecule has 7 heteroatoms. The van der Waals surface area contributed by atoms with Crippen LogP contribution in [0.25, 0.3) is 22.3 Å². The molecule has 2 heterocycles. The van der Waals surface area contributed by atoms with E-state index in [2.05, 4.69) is 27.0 Å². The molecule has 0 saturated carbocycles. The molecule has 0 aliphatic carbocycles. The Labute approximate surface area is 173 Å². The maximum atomic E-state index is 6.37. The number of anilines is 1. The first-order chi connectivity index (χ1) is 13.7. The third-order valence-electron chi connectivity index (χ3n) is 4.32. The summed E-state index contributed by atoms with van der Waals surface area (Å²) in [5.41, 5.74) is 1.61. The van der Waals surface area contributed by atoms with E-state index in [1.807, 2.05) is 42.5 Å². The Morgan fingerprint density at radius 3 is 2.68 bits per heavy atom. The van der Waals surface area contributed by atoms with Crippen molar-refractivity contribution in [3.05, 3.63) is 76.6 Å². The molecule has 0 unspecified atom stereocenters. The number of aromatic nitrogens is 2. The minimum Gasteiger partial charge on any atom is -0.370 e. The van der Waals surface area contributed by atoms with Crippen molar-refractivity contribution in [1.29, 1.82) is 0 Å². The fourth-order valence-electron chi connectivity index (χ4n) is 2.96. The van der Waals surface area contributed by atoms with E-state index in [-0.39, 0.29) is 0 Å². The van der Waals surface area contributed by atoms with E-state index in [1.165, 1.54) is 0 Å². The minimum atomic E-state index is 0.527. The van der Waals surface area contributed by atoms with Crippen molar-refractivity contribution >= 4 is 39.9 Å². The van der Waals surface area contributed by atoms with Gasteiger partial charge in [-0.1, -0.05) is 47.5 Å². The van der Waals surface area contributed by atoms with Crippen LogP contribution in [0, 0.1) is 0 Å². The molecule has 3 N–H and O–H groups in total. The van der Waals surface area contributed by atoms with Gasteiger partial charge >= 0.3 is 0 Å². The van der Waals surface area contributed by atoms with Crippen molar-refractivity contribution in [2.75, 3.05) is 25.0 Å². The third-order valence-corrected chi connectivity index (χ3v) is 4.87. The predicted octanol–water partition coefficient (Wildman–Crippen LogP) is 4.61. The number of dihydropyridines is 1. The molecule has 1 aromatic heterocycles. The summed E-state index contributed by atoms with van der Waals surface area (Å²) in [6.45, 7) is 2.30. The fraction of sp³-hybridized carbons (Fsp3) is 0.143. The molecule has 0 atom stereocenters. The zero-order valence-corrected chi connectivity index (χ0v) is 16.6. The first-order valence-electron chi connectivity index (χ1n) is 9.01. The molecule has 3 aromatic rings. The van der Waals surface area contributed by atoms with E-state index >= 15 is 0 Å². The average molecular weight is 412 g/mol. The van der Waals surface area contributed by atoms with Crippen molar-refractivity contribution in [2.24, 2.45) is 0 Å². The Hall–Kier alpha value is -2.76. The van der Waals surface area contributed by atoms with Crippen LogP contribution in [0.2, 0.25) is 10.0 Å². The topological polar surface area (TPSA) is 61.9 Å². The van der Waals surface area contributed by atoms with Crippen LogP contribution in [0.4, 0.5) is 5.82 Å². The Bertz CT molecular complexity index is 1060. The van der Waals surface area contributed by atoms with Crippen molar-refractivity contribution in [2.45, 2.75) is 0 Å². The molecule has 0 radical (unpaired) electrons. The number of benzene rings is 2. The zero-order chi connectivity index (χ0) is 19.3. The number of hydrogen-bond donors (Lipinski definition) is 3. The van der Waals surface area contributed by atoms with Gasteiger partial charge in [-0.05, 0) is 36.4 Å². The van der Waals surface area contributed by atoms with Gasteiger partial charge in [-0.15, -0.1) is 0 Å². The predicted molar refractivity (Wildman–Crippen MR) is 117 cm³/mol. The number of nitrogens with one attached hydrogen (secondary N) is 3. The standard InChI is InChI=1S/C21H19Cl2N5/c22-14-8-9-15(17(23)13-14)21-27-18-6-2-1-5-16(18)20(28-21)26-12-11-25-19-7-3-4-10-24-19/h1-9,13,24-25H,10-12H2,(H,26,27,28). The van der Waals surface area contributed by atoms with Crippen LogP contribution in [0.5, 0.6) is 0 Å². The van der Waals surface area contributed by atoms with Crippen LogP contribution < -0.4 is 16.0 Å². The second kappa shape index (κ2) is 8.50. The lowest BCUT2D eigenvalue weighted by molar-refractivity contribution is 0.717. The number of hydrogen-bond acceptors (Lipinski definition) is 5. The Kier molecular flexibility index (Phi) is 5.65. The third kappa shape index (κ3) is 4.21. The highest BCUT2D eigenvalue weighted by molar-refractivity contribution is 6.36. The van der Waals surface area contributed by atoms with Crippen molar-refractivity contribution in [3.63, 3.8) is 0 Å². The van der Waals surface area contributed by atoms with Gasteiger partial charge in [-0.3, -0.25) is 0 Å². The minimum absolute atomic E-state index is 0.527. The molecule has 4 rings (SSSR count). The van der Waals surface area contributed by atoms with Gasteiger partial charge in [0.15, 0.2) is 5.82 Å². The quantitative estimate of drug-likeness (QED) is 0.517. The number of nitrogens with zero attached hydrogens (tertiary/aromatic N) is 2. The maximum Gasteiger partial charge on any atom is 0.163 e. The highest BCUT2D eigenvalue weighted by Gasteiger charge is 2.12. The Morgan fingerprint density at radius 1 is 1.00 bits per heavy atom. The van der Waals surface area contributed by atoms with Gasteiger partial charge in [-0.25, -0.2) is 9.97 Å². The fourth-order valence-corrected chi connectivity index (χ4v) is 3.46. The van der Waals surface area contributed by atoms with E-state index in [4.69, 9.17) is 28.2 Å². The molecule has 28 heavy (non-hydrogen) atoms. The molecule has 1 aliphatic heterocycles. The van der Waals surface area contributed by atoms with Gasteiger partial charge in [0.1, 0.15) is 5.82 Å². The summed E-state index contributed by atoms with van der Waals surface area (Å²) in [6, 6.07) is 13.3. The van der Waals surface area contributed by atoms with Crippen molar-refractivity contribution < 1.29 is 0 Å². The maximum absolute atomic E-state index is 6.37. The second-order valence-electron chi connectivity index (χ2n) is 6.28. The second-order valence-corrected chi connectivity index (χ2v) is 7.12. The summed E-state index contributed by atoms with van der Waals surface area (Å²) in [4.78, 5) is 9.40. The monoisotopic (exact) mass is 411 g/mol. The van der Waals surface area contributed by atoms with Crippen molar-refractivity contribution in [3.8, 4) is 11.4 Å². The first kappa shape index (κ1) is 18.6. The van der Waals surface area contributed by atoms with Crippen molar-refractivity contribution in [1.82, 2.24) is 20.6 Å². The Morgan fingerprint density at radius 2 is 1.86 bits per heavy atom. The van der Waals surface area contributed by atoms with Crippen LogP contribution in [0.1, 0.15) is 0 Å². The number of rotatable bonds is 6. The molecule has 0 amide bonds. The molecular weight excluding hydrogens is 393 g/mol. The van der Waals surface area contributed by atoms with Gasteiger partial charge in [0.05, 0.1) is 16.4 Å². The van der Waals surface area contributed by atoms with Gasteiger partial charge < -0.3 is 16.0 Å². The summed E-state index contributed by atoms with van der Waals surface area (Å²) < 4.78 is 0. The number of allylic oxidation sites excluding steroid dienone is 2. The van der Waals surface area contributed by atoms with Gasteiger partial charge in [0, 0.05) is 35.6 Å². The molecule has 0 saturated heterocycles. The lowest BCUT2D eigenvalue weighted by Crippen LogP contribution is -2.31. The van der Waals surface area contributed by atoms with E-state index in [1.54, 1.807) is 12.1 Å². The molecular formula is C21H19Cl2N5. The summed E-state index contributed by atoms with van der Waals surface area (Å²) in [5, 5.41) is 12.1. The van der Waals surface area contributed by atoms with Crippen LogP contribution >= 0.6 is 23.2 Å². The highest BCUT2D eigenvalue weighted by atomic mass is 35.5. The van der Waals surface area contributed by atoms with Crippen LogP contribution in [-0.4, -0.2) is 29.6 Å². The molecule has 1 aliphatic rings. The zero-order valence-electron chi connectivity index (χ0n) is 15.0. The summed E-state index contributed by atoms with van der Waals surface area (Å²) >= 11 is 12.4. The average Bonchev–Trinajstić information content (AvgIpc) is 2.72. The van der Waals surface area contributed by atoms with Gasteiger partial charge in [0.25, 0.3) is 0 Å². The Balaban J connectivity index is 1.57. The number of para-hydroxylation sites is 1. The summed E-state index contributed by atoms with van der Waals surface area (Å²) in [5.74, 6) is 2.36.